The second-order valence-corrected chi connectivity index (χ2v) is 5.19. The van der Waals surface area contributed by atoms with Gasteiger partial charge in [0.25, 0.3) is 0 Å². The largest absolute Gasteiger partial charge is 0.477 e. The topological polar surface area (TPSA) is 105 Å². The van der Waals surface area contributed by atoms with E-state index in [0.717, 1.165) is 12.3 Å². The van der Waals surface area contributed by atoms with Crippen molar-refractivity contribution in [3.05, 3.63) is 55.6 Å². The summed E-state index contributed by atoms with van der Waals surface area (Å²) < 4.78 is 0.645. The van der Waals surface area contributed by atoms with Crippen LogP contribution in [0.5, 0.6) is 0 Å². The van der Waals surface area contributed by atoms with Gasteiger partial charge in [0.1, 0.15) is 17.6 Å². The Bertz CT molecular complexity index is 738. The molecule has 0 aliphatic carbocycles. The van der Waals surface area contributed by atoms with Crippen LogP contribution in [0.1, 0.15) is 10.4 Å². The molecule has 1 heterocycles. The maximum absolute atomic E-state index is 11.1. The van der Waals surface area contributed by atoms with Gasteiger partial charge in [-0.05, 0) is 34.1 Å². The number of pyridine rings is 1. The number of aromatic nitrogens is 1. The Morgan fingerprint density at radius 1 is 1.43 bits per heavy atom. The number of hydrogen-bond acceptors (Lipinski definition) is 5. The first-order valence-corrected chi connectivity index (χ1v) is 6.65. The summed E-state index contributed by atoms with van der Waals surface area (Å²) in [6.07, 6.45) is 0.898. The minimum atomic E-state index is -1.40. The van der Waals surface area contributed by atoms with Crippen molar-refractivity contribution >= 4 is 50.7 Å². The van der Waals surface area contributed by atoms with Crippen LogP contribution in [-0.2, 0) is 0 Å². The van der Waals surface area contributed by atoms with E-state index in [1.807, 2.05) is 0 Å². The summed E-state index contributed by atoms with van der Waals surface area (Å²) in [4.78, 5) is 24.8. The van der Waals surface area contributed by atoms with Crippen molar-refractivity contribution in [3.63, 3.8) is 0 Å². The van der Waals surface area contributed by atoms with Gasteiger partial charge in [0.15, 0.2) is 0 Å². The van der Waals surface area contributed by atoms with E-state index in [4.69, 9.17) is 16.7 Å². The number of nitrogens with one attached hydrogen (secondary N) is 1. The van der Waals surface area contributed by atoms with E-state index in [2.05, 4.69) is 26.2 Å². The average molecular weight is 373 g/mol. The molecule has 0 aliphatic rings. The van der Waals surface area contributed by atoms with Gasteiger partial charge >= 0.3 is 11.7 Å². The molecule has 0 bridgehead atoms. The molecule has 0 saturated heterocycles. The predicted octanol–water partition coefficient (Wildman–Crippen LogP) is 3.85. The van der Waals surface area contributed by atoms with E-state index in [1.54, 1.807) is 18.2 Å². The number of benzene rings is 1. The number of anilines is 2. The summed E-state index contributed by atoms with van der Waals surface area (Å²) in [5.41, 5.74) is -0.414. The fourth-order valence-corrected chi connectivity index (χ4v) is 2.34. The van der Waals surface area contributed by atoms with E-state index >= 15 is 0 Å². The molecule has 0 fully saturated rings. The van der Waals surface area contributed by atoms with Crippen LogP contribution < -0.4 is 5.32 Å². The van der Waals surface area contributed by atoms with Crippen LogP contribution in [-0.4, -0.2) is 21.0 Å². The first-order chi connectivity index (χ1) is 9.88. The summed E-state index contributed by atoms with van der Waals surface area (Å²) >= 11 is 9.11. The fourth-order valence-electron chi connectivity index (χ4n) is 1.56. The highest BCUT2D eigenvalue weighted by Crippen LogP contribution is 2.29. The number of carbonyl (C=O) groups is 1. The SMILES string of the molecule is O=C(O)c1cc(Nc2ccc(Cl)cc2Br)ncc1[N+](=O)[O-]. The molecule has 108 valence electrons. The lowest BCUT2D eigenvalue weighted by atomic mass is 10.2. The van der Waals surface area contributed by atoms with Crippen LogP contribution in [0.15, 0.2) is 34.9 Å². The van der Waals surface area contributed by atoms with Crippen LogP contribution in [0, 0.1) is 10.1 Å². The van der Waals surface area contributed by atoms with Crippen molar-refractivity contribution in [1.82, 2.24) is 4.98 Å². The predicted molar refractivity (Wildman–Crippen MR) is 80.3 cm³/mol. The van der Waals surface area contributed by atoms with E-state index in [0.29, 0.717) is 15.2 Å². The lowest BCUT2D eigenvalue weighted by molar-refractivity contribution is -0.385. The highest BCUT2D eigenvalue weighted by atomic mass is 79.9. The molecule has 0 radical (unpaired) electrons. The standard InChI is InChI=1S/C12H7BrClN3O4/c13-8-3-6(14)1-2-9(8)16-11-4-7(12(18)19)10(5-15-11)17(20)21/h1-5H,(H,15,16)(H,18,19). The number of rotatable bonds is 4. The molecule has 1 aromatic carbocycles. The Morgan fingerprint density at radius 2 is 2.14 bits per heavy atom. The van der Waals surface area contributed by atoms with Gasteiger partial charge in [0, 0.05) is 15.6 Å². The third-order valence-corrected chi connectivity index (χ3v) is 3.40. The van der Waals surface area contributed by atoms with Gasteiger partial charge in [-0.15, -0.1) is 0 Å². The van der Waals surface area contributed by atoms with Crippen molar-refractivity contribution in [1.29, 1.82) is 0 Å². The first kappa shape index (κ1) is 15.2. The maximum atomic E-state index is 11.1. The van der Waals surface area contributed by atoms with Crippen molar-refractivity contribution in [2.24, 2.45) is 0 Å². The molecule has 0 saturated carbocycles. The van der Waals surface area contributed by atoms with Crippen LogP contribution in [0.4, 0.5) is 17.2 Å². The third-order valence-electron chi connectivity index (χ3n) is 2.50. The molecule has 0 amide bonds. The van der Waals surface area contributed by atoms with Crippen molar-refractivity contribution in [2.45, 2.75) is 0 Å². The van der Waals surface area contributed by atoms with Gasteiger partial charge in [-0.2, -0.15) is 0 Å². The van der Waals surface area contributed by atoms with Gasteiger partial charge in [-0.1, -0.05) is 11.6 Å². The highest BCUT2D eigenvalue weighted by molar-refractivity contribution is 9.10. The average Bonchev–Trinajstić information content (AvgIpc) is 2.41. The minimum Gasteiger partial charge on any atom is -0.477 e. The second-order valence-electron chi connectivity index (χ2n) is 3.90. The molecular weight excluding hydrogens is 366 g/mol. The van der Waals surface area contributed by atoms with Gasteiger partial charge in [0.2, 0.25) is 0 Å². The molecule has 2 N–H and O–H groups in total. The molecular formula is C12H7BrClN3O4. The van der Waals surface area contributed by atoms with Crippen molar-refractivity contribution in [3.8, 4) is 0 Å². The Hall–Kier alpha value is -2.19. The zero-order chi connectivity index (χ0) is 15.6. The Kier molecular flexibility index (Phi) is 4.39. The number of halogens is 2. The normalized spacial score (nSPS) is 10.2. The lowest BCUT2D eigenvalue weighted by Gasteiger charge is -2.08. The fraction of sp³-hybridized carbons (Fsp3) is 0. The molecule has 1 aromatic heterocycles. The van der Waals surface area contributed by atoms with Gasteiger partial charge < -0.3 is 10.4 Å². The van der Waals surface area contributed by atoms with Crippen LogP contribution >= 0.6 is 27.5 Å². The summed E-state index contributed by atoms with van der Waals surface area (Å²) in [5, 5.41) is 23.1. The number of carboxylic acid groups (broad SMARTS) is 1. The molecule has 9 heteroatoms. The quantitative estimate of drug-likeness (QED) is 0.624. The molecule has 2 rings (SSSR count). The Labute approximate surface area is 131 Å². The van der Waals surface area contributed by atoms with E-state index in [9.17, 15) is 14.9 Å². The van der Waals surface area contributed by atoms with E-state index < -0.39 is 22.1 Å². The molecule has 0 spiro atoms. The van der Waals surface area contributed by atoms with E-state index in [1.165, 1.54) is 0 Å². The second kappa shape index (κ2) is 6.06. The number of aromatic carboxylic acids is 1. The summed E-state index contributed by atoms with van der Waals surface area (Å²) in [6.45, 7) is 0. The van der Waals surface area contributed by atoms with Gasteiger partial charge in [-0.25, -0.2) is 9.78 Å². The monoisotopic (exact) mass is 371 g/mol. The maximum Gasteiger partial charge on any atom is 0.342 e. The van der Waals surface area contributed by atoms with Gasteiger partial charge in [-0.3, -0.25) is 10.1 Å². The smallest absolute Gasteiger partial charge is 0.342 e. The summed E-state index contributed by atoms with van der Waals surface area (Å²) in [6, 6.07) is 6.04. The number of nitro groups is 1. The molecule has 0 atom stereocenters. The van der Waals surface area contributed by atoms with Crippen LogP contribution in [0.3, 0.4) is 0 Å². The molecule has 21 heavy (non-hydrogen) atoms. The molecule has 2 aromatic rings. The third kappa shape index (κ3) is 3.47. The van der Waals surface area contributed by atoms with Crippen molar-refractivity contribution in [2.75, 3.05) is 5.32 Å². The van der Waals surface area contributed by atoms with Crippen molar-refractivity contribution < 1.29 is 14.8 Å². The zero-order valence-electron chi connectivity index (χ0n) is 10.2. The first-order valence-electron chi connectivity index (χ1n) is 5.48. The number of nitrogens with zero attached hydrogens (tertiary/aromatic N) is 2. The Morgan fingerprint density at radius 3 is 2.71 bits per heavy atom. The highest BCUT2D eigenvalue weighted by Gasteiger charge is 2.21. The lowest BCUT2D eigenvalue weighted by Crippen LogP contribution is -2.05. The number of hydrogen-bond donors (Lipinski definition) is 2. The Balaban J connectivity index is 2.39. The molecule has 7 nitrogen and oxygen atoms in total. The van der Waals surface area contributed by atoms with Crippen LogP contribution in [0.25, 0.3) is 0 Å². The van der Waals surface area contributed by atoms with Gasteiger partial charge in [0.05, 0.1) is 10.6 Å². The summed E-state index contributed by atoms with van der Waals surface area (Å²) in [5.74, 6) is -1.23. The number of carboxylic acids is 1. The molecule has 0 unspecified atom stereocenters. The minimum absolute atomic E-state index is 0.168. The van der Waals surface area contributed by atoms with Crippen LogP contribution in [0.2, 0.25) is 5.02 Å². The zero-order valence-corrected chi connectivity index (χ0v) is 12.6. The summed E-state index contributed by atoms with van der Waals surface area (Å²) in [7, 11) is 0. The molecule has 0 aliphatic heterocycles. The van der Waals surface area contributed by atoms with E-state index in [-0.39, 0.29) is 5.82 Å².